The molecular formula is C26H28N2O5. The second-order valence-corrected chi connectivity index (χ2v) is 8.56. The number of hydrogen-bond acceptors (Lipinski definition) is 4. The highest BCUT2D eigenvalue weighted by atomic mass is 16.5. The van der Waals surface area contributed by atoms with Crippen LogP contribution in [0.15, 0.2) is 61.2 Å². The highest BCUT2D eigenvalue weighted by Crippen LogP contribution is 2.44. The number of carboxylic acid groups (broad SMARTS) is 1. The molecule has 7 nitrogen and oxygen atoms in total. The number of carboxylic acids is 1. The molecule has 2 aliphatic rings. The second kappa shape index (κ2) is 9.90. The molecule has 2 amide bonds. The van der Waals surface area contributed by atoms with E-state index in [1.54, 1.807) is 0 Å². The third kappa shape index (κ3) is 4.77. The highest BCUT2D eigenvalue weighted by molar-refractivity contribution is 5.89. The van der Waals surface area contributed by atoms with E-state index in [-0.39, 0.29) is 24.9 Å². The monoisotopic (exact) mass is 448 g/mol. The predicted octanol–water partition coefficient (Wildman–Crippen LogP) is 3.84. The summed E-state index contributed by atoms with van der Waals surface area (Å²) < 4.78 is 5.58. The molecule has 0 saturated heterocycles. The average molecular weight is 449 g/mol. The lowest BCUT2D eigenvalue weighted by molar-refractivity contribution is -0.142. The quantitative estimate of drug-likeness (QED) is 0.506. The van der Waals surface area contributed by atoms with Crippen molar-refractivity contribution in [2.75, 3.05) is 6.61 Å². The van der Waals surface area contributed by atoms with Gasteiger partial charge in [0.1, 0.15) is 18.7 Å². The van der Waals surface area contributed by atoms with Crippen LogP contribution in [-0.4, -0.2) is 41.8 Å². The van der Waals surface area contributed by atoms with Crippen molar-refractivity contribution in [3.63, 3.8) is 0 Å². The number of carbonyl (C=O) groups is 3. The van der Waals surface area contributed by atoms with E-state index in [4.69, 9.17) is 4.74 Å². The van der Waals surface area contributed by atoms with Crippen LogP contribution in [0.1, 0.15) is 42.7 Å². The molecule has 1 saturated carbocycles. The number of benzene rings is 2. The molecule has 33 heavy (non-hydrogen) atoms. The van der Waals surface area contributed by atoms with Crippen LogP contribution in [0, 0.1) is 5.92 Å². The van der Waals surface area contributed by atoms with Gasteiger partial charge < -0.3 is 20.5 Å². The number of nitrogens with one attached hydrogen (secondary N) is 2. The Morgan fingerprint density at radius 2 is 1.64 bits per heavy atom. The van der Waals surface area contributed by atoms with Crippen LogP contribution >= 0.6 is 0 Å². The maximum Gasteiger partial charge on any atom is 0.407 e. The Kier molecular flexibility index (Phi) is 6.77. The van der Waals surface area contributed by atoms with Gasteiger partial charge in [0.25, 0.3) is 0 Å². The smallest absolute Gasteiger partial charge is 0.407 e. The van der Waals surface area contributed by atoms with Crippen LogP contribution in [0.3, 0.4) is 0 Å². The molecule has 0 bridgehead atoms. The lowest BCUT2D eigenvalue weighted by Crippen LogP contribution is -2.55. The van der Waals surface area contributed by atoms with Crippen molar-refractivity contribution >= 4 is 18.0 Å². The zero-order valence-corrected chi connectivity index (χ0v) is 18.3. The molecule has 4 rings (SSSR count). The van der Waals surface area contributed by atoms with E-state index in [1.165, 1.54) is 6.08 Å². The number of alkyl carbamates (subject to hydrolysis) is 1. The molecule has 1 fully saturated rings. The SMILES string of the molecule is C=CCC(NC(=O)C(NC(=O)OCC1c2ccccc2-c2ccccc21)C1CCC1)C(=O)O. The van der Waals surface area contributed by atoms with E-state index < -0.39 is 30.1 Å². The van der Waals surface area contributed by atoms with Crippen LogP contribution < -0.4 is 10.6 Å². The first-order valence-electron chi connectivity index (χ1n) is 11.2. The first kappa shape index (κ1) is 22.6. The highest BCUT2D eigenvalue weighted by Gasteiger charge is 2.36. The maximum absolute atomic E-state index is 12.8. The summed E-state index contributed by atoms with van der Waals surface area (Å²) in [6.45, 7) is 3.68. The Hall–Kier alpha value is -3.61. The average Bonchev–Trinajstić information content (AvgIpc) is 3.09. The van der Waals surface area contributed by atoms with Gasteiger partial charge in [0.05, 0.1) is 0 Å². The van der Waals surface area contributed by atoms with Crippen LogP contribution in [0.5, 0.6) is 0 Å². The van der Waals surface area contributed by atoms with Crippen molar-refractivity contribution in [1.82, 2.24) is 10.6 Å². The Labute approximate surface area is 192 Å². The minimum absolute atomic E-state index is 0.0383. The summed E-state index contributed by atoms with van der Waals surface area (Å²) in [6.07, 6.45) is 3.41. The van der Waals surface area contributed by atoms with Crippen LogP contribution in [-0.2, 0) is 14.3 Å². The van der Waals surface area contributed by atoms with Crippen LogP contribution in [0.2, 0.25) is 0 Å². The summed E-state index contributed by atoms with van der Waals surface area (Å²) in [5.74, 6) is -1.77. The number of rotatable bonds is 9. The Morgan fingerprint density at radius 1 is 1.03 bits per heavy atom. The molecule has 0 aliphatic heterocycles. The lowest BCUT2D eigenvalue weighted by Gasteiger charge is -2.33. The molecule has 2 aromatic rings. The fraction of sp³-hybridized carbons (Fsp3) is 0.346. The van der Waals surface area contributed by atoms with E-state index in [0.717, 1.165) is 41.5 Å². The van der Waals surface area contributed by atoms with E-state index in [9.17, 15) is 19.5 Å². The summed E-state index contributed by atoms with van der Waals surface area (Å²) in [7, 11) is 0. The van der Waals surface area contributed by atoms with Gasteiger partial charge in [0.2, 0.25) is 5.91 Å². The maximum atomic E-state index is 12.8. The van der Waals surface area contributed by atoms with E-state index in [0.29, 0.717) is 0 Å². The number of amides is 2. The van der Waals surface area contributed by atoms with Crippen LogP contribution in [0.4, 0.5) is 4.79 Å². The molecule has 2 unspecified atom stereocenters. The van der Waals surface area contributed by atoms with E-state index >= 15 is 0 Å². The first-order valence-corrected chi connectivity index (χ1v) is 11.2. The fourth-order valence-electron chi connectivity index (χ4n) is 4.59. The molecule has 172 valence electrons. The van der Waals surface area contributed by atoms with Gasteiger partial charge in [-0.05, 0) is 47.4 Å². The zero-order valence-electron chi connectivity index (χ0n) is 18.3. The van der Waals surface area contributed by atoms with Gasteiger partial charge in [0.15, 0.2) is 0 Å². The number of carbonyl (C=O) groups excluding carboxylic acids is 2. The molecule has 0 radical (unpaired) electrons. The van der Waals surface area contributed by atoms with E-state index in [1.807, 2.05) is 36.4 Å². The van der Waals surface area contributed by atoms with Crippen molar-refractivity contribution in [2.45, 2.75) is 43.7 Å². The molecular weight excluding hydrogens is 420 g/mol. The third-order valence-corrected chi connectivity index (χ3v) is 6.54. The standard InChI is InChI=1S/C26H28N2O5/c1-2-8-22(25(30)31)27-24(29)23(16-9-7-10-16)28-26(32)33-15-21-19-13-5-3-11-17(19)18-12-4-6-14-20(18)21/h2-6,11-14,16,21-23H,1,7-10,15H2,(H,27,29)(H,28,32)(H,30,31). The van der Waals surface area contributed by atoms with Gasteiger partial charge >= 0.3 is 12.1 Å². The fourth-order valence-corrected chi connectivity index (χ4v) is 4.59. The van der Waals surface area contributed by atoms with Gasteiger partial charge in [-0.2, -0.15) is 0 Å². The molecule has 0 aromatic heterocycles. The Balaban J connectivity index is 1.42. The van der Waals surface area contributed by atoms with Crippen molar-refractivity contribution in [3.05, 3.63) is 72.3 Å². The normalized spacial score (nSPS) is 16.5. The van der Waals surface area contributed by atoms with Crippen LogP contribution in [0.25, 0.3) is 11.1 Å². The van der Waals surface area contributed by atoms with E-state index in [2.05, 4.69) is 29.3 Å². The largest absolute Gasteiger partial charge is 0.480 e. The van der Waals surface area contributed by atoms with Crippen molar-refractivity contribution in [3.8, 4) is 11.1 Å². The Bertz CT molecular complexity index is 1020. The van der Waals surface area contributed by atoms with Gasteiger partial charge in [-0.25, -0.2) is 9.59 Å². The third-order valence-electron chi connectivity index (χ3n) is 6.54. The number of hydrogen-bond donors (Lipinski definition) is 3. The molecule has 3 N–H and O–H groups in total. The summed E-state index contributed by atoms with van der Waals surface area (Å²) in [5.41, 5.74) is 4.48. The molecule has 2 aromatic carbocycles. The summed E-state index contributed by atoms with van der Waals surface area (Å²) >= 11 is 0. The van der Waals surface area contributed by atoms with Gasteiger partial charge in [0, 0.05) is 5.92 Å². The molecule has 2 aliphatic carbocycles. The summed E-state index contributed by atoms with van der Waals surface area (Å²) in [6, 6.07) is 14.2. The second-order valence-electron chi connectivity index (χ2n) is 8.56. The van der Waals surface area contributed by atoms with Gasteiger partial charge in [-0.1, -0.05) is 61.0 Å². The number of aliphatic carboxylic acids is 1. The summed E-state index contributed by atoms with van der Waals surface area (Å²) in [5, 5.41) is 14.5. The summed E-state index contributed by atoms with van der Waals surface area (Å²) in [4.78, 5) is 36.9. The first-order chi connectivity index (χ1) is 16.0. The van der Waals surface area contributed by atoms with Crippen molar-refractivity contribution in [2.24, 2.45) is 5.92 Å². The molecule has 7 heteroatoms. The Morgan fingerprint density at radius 3 is 2.15 bits per heavy atom. The minimum Gasteiger partial charge on any atom is -0.480 e. The zero-order chi connectivity index (χ0) is 23.4. The van der Waals surface area contributed by atoms with Crippen molar-refractivity contribution < 1.29 is 24.2 Å². The van der Waals surface area contributed by atoms with Crippen molar-refractivity contribution in [1.29, 1.82) is 0 Å². The lowest BCUT2D eigenvalue weighted by atomic mass is 9.79. The topological polar surface area (TPSA) is 105 Å². The predicted molar refractivity (Wildman–Crippen MR) is 124 cm³/mol. The van der Waals surface area contributed by atoms with Gasteiger partial charge in [-0.15, -0.1) is 6.58 Å². The number of fused-ring (bicyclic) bond motifs is 3. The molecule has 0 spiro atoms. The molecule has 0 heterocycles. The number of ether oxygens (including phenoxy) is 1. The van der Waals surface area contributed by atoms with Gasteiger partial charge in [-0.3, -0.25) is 4.79 Å². The molecule has 2 atom stereocenters. The minimum atomic E-state index is -1.14.